The van der Waals surface area contributed by atoms with Crippen LogP contribution in [0.4, 0.5) is 0 Å². The predicted octanol–water partition coefficient (Wildman–Crippen LogP) is 4.82. The first-order valence-electron chi connectivity index (χ1n) is 12.0. The number of carbonyl (C=O) groups excluding carboxylic acids is 1. The lowest BCUT2D eigenvalue weighted by molar-refractivity contribution is -0.141. The second kappa shape index (κ2) is 9.32. The number of hydrogen-bond donors (Lipinski definition) is 0. The molecule has 0 N–H and O–H groups in total. The van der Waals surface area contributed by atoms with Crippen molar-refractivity contribution in [3.8, 4) is 0 Å². The van der Waals surface area contributed by atoms with Gasteiger partial charge in [0.15, 0.2) is 0 Å². The molecule has 33 heavy (non-hydrogen) atoms. The zero-order chi connectivity index (χ0) is 22.8. The molecule has 2 aromatic carbocycles. The summed E-state index contributed by atoms with van der Waals surface area (Å²) in [5, 5.41) is 1.15. The number of nitrogens with zero attached hydrogens (tertiary/aromatic N) is 1. The Hall–Kier alpha value is -2.63. The number of fused-ring (bicyclic) bond motifs is 1. The third kappa shape index (κ3) is 4.44. The summed E-state index contributed by atoms with van der Waals surface area (Å²) in [6.07, 6.45) is 4.06. The first-order valence-corrected chi connectivity index (χ1v) is 12.0. The molecule has 1 unspecified atom stereocenters. The summed E-state index contributed by atoms with van der Waals surface area (Å²) in [6, 6.07) is 14.8. The van der Waals surface area contributed by atoms with E-state index in [1.165, 1.54) is 16.7 Å². The maximum atomic E-state index is 14.2. The first-order chi connectivity index (χ1) is 16.0. The van der Waals surface area contributed by atoms with Crippen molar-refractivity contribution >= 4 is 16.9 Å². The van der Waals surface area contributed by atoms with Crippen LogP contribution in [0, 0.1) is 19.8 Å². The predicted molar refractivity (Wildman–Crippen MR) is 128 cm³/mol. The average Bonchev–Trinajstić information content (AvgIpc) is 3.18. The highest BCUT2D eigenvalue weighted by Gasteiger charge is 2.44. The molecule has 2 aliphatic rings. The molecule has 2 saturated heterocycles. The molecule has 0 spiro atoms. The molecule has 5 rings (SSSR count). The fourth-order valence-corrected chi connectivity index (χ4v) is 5.63. The normalized spacial score (nSPS) is 21.2. The fourth-order valence-electron chi connectivity index (χ4n) is 5.63. The topological polar surface area (TPSA) is 51.9 Å². The van der Waals surface area contributed by atoms with Crippen molar-refractivity contribution in [1.82, 2.24) is 4.90 Å². The van der Waals surface area contributed by atoms with E-state index in [1.807, 2.05) is 18.2 Å². The minimum atomic E-state index is -0.519. The Labute approximate surface area is 195 Å². The van der Waals surface area contributed by atoms with Crippen LogP contribution < -0.4 is 0 Å². The summed E-state index contributed by atoms with van der Waals surface area (Å²) in [5.74, 6) is 0.473. The Morgan fingerprint density at radius 3 is 2.61 bits per heavy atom. The minimum Gasteiger partial charge on any atom is -0.464 e. The quantitative estimate of drug-likeness (QED) is 0.576. The van der Waals surface area contributed by atoms with E-state index in [2.05, 4.69) is 43.0 Å². The second-order valence-corrected chi connectivity index (χ2v) is 9.72. The third-order valence-electron chi connectivity index (χ3n) is 7.25. The van der Waals surface area contributed by atoms with E-state index in [1.54, 1.807) is 6.26 Å². The number of amides is 1. The SMILES string of the molecule is Cc1cc(C)cc(C2(C(=O)N3CCOCC(Cc4cccc5occc45)C3)CCOCC2)c1. The van der Waals surface area contributed by atoms with E-state index >= 15 is 0 Å². The molecule has 5 nitrogen and oxygen atoms in total. The van der Waals surface area contributed by atoms with Gasteiger partial charge < -0.3 is 18.8 Å². The number of furan rings is 1. The van der Waals surface area contributed by atoms with Crippen molar-refractivity contribution in [2.45, 2.75) is 38.5 Å². The Bertz CT molecular complexity index is 1110. The Morgan fingerprint density at radius 1 is 1.03 bits per heavy atom. The van der Waals surface area contributed by atoms with E-state index in [4.69, 9.17) is 13.9 Å². The van der Waals surface area contributed by atoms with E-state index in [9.17, 15) is 4.79 Å². The van der Waals surface area contributed by atoms with Crippen LogP contribution in [0.25, 0.3) is 11.0 Å². The third-order valence-corrected chi connectivity index (χ3v) is 7.25. The number of hydrogen-bond acceptors (Lipinski definition) is 4. The van der Waals surface area contributed by atoms with Crippen LogP contribution in [-0.2, 0) is 26.1 Å². The summed E-state index contributed by atoms with van der Waals surface area (Å²) >= 11 is 0. The smallest absolute Gasteiger partial charge is 0.233 e. The molecule has 3 heterocycles. The van der Waals surface area contributed by atoms with Gasteiger partial charge in [0, 0.05) is 37.6 Å². The van der Waals surface area contributed by atoms with Crippen molar-refractivity contribution in [3.05, 3.63) is 71.0 Å². The minimum absolute atomic E-state index is 0.229. The number of benzene rings is 2. The lowest BCUT2D eigenvalue weighted by atomic mass is 9.72. The molecule has 0 bridgehead atoms. The van der Waals surface area contributed by atoms with Crippen molar-refractivity contribution < 1.29 is 18.7 Å². The van der Waals surface area contributed by atoms with Crippen molar-refractivity contribution in [2.24, 2.45) is 5.92 Å². The van der Waals surface area contributed by atoms with Gasteiger partial charge in [-0.15, -0.1) is 0 Å². The van der Waals surface area contributed by atoms with Gasteiger partial charge in [-0.2, -0.15) is 0 Å². The van der Waals surface area contributed by atoms with Crippen LogP contribution in [0.2, 0.25) is 0 Å². The molecule has 0 aliphatic carbocycles. The van der Waals surface area contributed by atoms with Gasteiger partial charge in [-0.05, 0) is 56.4 Å². The summed E-state index contributed by atoms with van der Waals surface area (Å²) in [4.78, 5) is 16.3. The van der Waals surface area contributed by atoms with Crippen LogP contribution in [0.3, 0.4) is 0 Å². The largest absolute Gasteiger partial charge is 0.464 e. The number of aryl methyl sites for hydroxylation is 2. The highest BCUT2D eigenvalue weighted by atomic mass is 16.5. The Kier molecular flexibility index (Phi) is 6.26. The number of rotatable bonds is 4. The average molecular weight is 448 g/mol. The van der Waals surface area contributed by atoms with Crippen molar-refractivity contribution in [1.29, 1.82) is 0 Å². The zero-order valence-corrected chi connectivity index (χ0v) is 19.6. The summed E-state index contributed by atoms with van der Waals surface area (Å²) < 4.78 is 17.3. The van der Waals surface area contributed by atoms with Crippen LogP contribution in [0.5, 0.6) is 0 Å². The van der Waals surface area contributed by atoms with Gasteiger partial charge in [-0.1, -0.05) is 41.5 Å². The van der Waals surface area contributed by atoms with Crippen LogP contribution in [0.1, 0.15) is 35.1 Å². The molecule has 0 saturated carbocycles. The zero-order valence-electron chi connectivity index (χ0n) is 19.6. The highest BCUT2D eigenvalue weighted by Crippen LogP contribution is 2.38. The monoisotopic (exact) mass is 447 g/mol. The lowest BCUT2D eigenvalue weighted by Gasteiger charge is -2.40. The van der Waals surface area contributed by atoms with Gasteiger partial charge in [0.25, 0.3) is 0 Å². The Morgan fingerprint density at radius 2 is 1.82 bits per heavy atom. The summed E-state index contributed by atoms with van der Waals surface area (Å²) in [6.45, 7) is 8.05. The van der Waals surface area contributed by atoms with Gasteiger partial charge in [0.05, 0.1) is 24.9 Å². The molecule has 1 aromatic heterocycles. The molecule has 2 aliphatic heterocycles. The standard InChI is InChI=1S/C28H33NO4/c1-20-14-21(2)16-24(15-20)28(7-11-31-12-8-28)27(30)29-9-13-32-19-22(18-29)17-23-4-3-5-26-25(23)6-10-33-26/h3-6,10,14-16,22H,7-9,11-13,17-19H2,1-2H3. The maximum absolute atomic E-state index is 14.2. The highest BCUT2D eigenvalue weighted by molar-refractivity contribution is 5.88. The van der Waals surface area contributed by atoms with Gasteiger partial charge in [-0.3, -0.25) is 4.79 Å². The maximum Gasteiger partial charge on any atom is 0.233 e. The Balaban J connectivity index is 1.42. The second-order valence-electron chi connectivity index (χ2n) is 9.72. The molecule has 0 radical (unpaired) electrons. The fraction of sp³-hybridized carbons (Fsp3) is 0.464. The molecule has 174 valence electrons. The summed E-state index contributed by atoms with van der Waals surface area (Å²) in [7, 11) is 0. The molecule has 2 fully saturated rings. The molecule has 5 heteroatoms. The van der Waals surface area contributed by atoms with Gasteiger partial charge in [-0.25, -0.2) is 0 Å². The number of carbonyl (C=O) groups is 1. The van der Waals surface area contributed by atoms with Crippen molar-refractivity contribution in [3.63, 3.8) is 0 Å². The van der Waals surface area contributed by atoms with Crippen LogP contribution in [0.15, 0.2) is 53.1 Å². The number of ether oxygens (including phenoxy) is 2. The van der Waals surface area contributed by atoms with Gasteiger partial charge >= 0.3 is 0 Å². The van der Waals surface area contributed by atoms with Crippen molar-refractivity contribution in [2.75, 3.05) is 39.5 Å². The van der Waals surface area contributed by atoms with Crippen LogP contribution >= 0.6 is 0 Å². The van der Waals surface area contributed by atoms with Gasteiger partial charge in [0.1, 0.15) is 5.58 Å². The van der Waals surface area contributed by atoms with Crippen LogP contribution in [-0.4, -0.2) is 50.3 Å². The molecule has 1 atom stereocenters. The molecular weight excluding hydrogens is 414 g/mol. The molecular formula is C28H33NO4. The molecule has 1 amide bonds. The summed E-state index contributed by atoms with van der Waals surface area (Å²) in [5.41, 5.74) is 5.18. The van der Waals surface area contributed by atoms with E-state index in [-0.39, 0.29) is 11.8 Å². The first kappa shape index (κ1) is 22.2. The van der Waals surface area contributed by atoms with Gasteiger partial charge in [0.2, 0.25) is 5.91 Å². The lowest BCUT2D eigenvalue weighted by Crippen LogP contribution is -2.51. The van der Waals surface area contributed by atoms with E-state index in [0.29, 0.717) is 39.5 Å². The van der Waals surface area contributed by atoms with E-state index < -0.39 is 5.41 Å². The molecule has 3 aromatic rings. The van der Waals surface area contributed by atoms with E-state index in [0.717, 1.165) is 35.8 Å².